The van der Waals surface area contributed by atoms with Crippen molar-refractivity contribution in [1.82, 2.24) is 19.6 Å². The number of aliphatic carboxylic acids is 1. The van der Waals surface area contributed by atoms with Crippen molar-refractivity contribution >= 4 is 17.4 Å². The van der Waals surface area contributed by atoms with Gasteiger partial charge >= 0.3 is 12.0 Å². The Morgan fingerprint density at radius 3 is 2.85 bits per heavy atom. The van der Waals surface area contributed by atoms with Crippen molar-refractivity contribution in [1.29, 1.82) is 0 Å². The Hall–Kier alpha value is -2.38. The Balaban J connectivity index is 1.78. The quantitative estimate of drug-likeness (QED) is 0.691. The van der Waals surface area contributed by atoms with Crippen molar-refractivity contribution in [3.8, 4) is 6.01 Å². The van der Waals surface area contributed by atoms with Crippen LogP contribution in [0.4, 0.5) is 5.82 Å². The molecule has 0 radical (unpaired) electrons. The molecule has 0 aliphatic heterocycles. The first-order chi connectivity index (χ1) is 13.1. The third kappa shape index (κ3) is 5.08. The van der Waals surface area contributed by atoms with E-state index in [-0.39, 0.29) is 24.4 Å². The summed E-state index contributed by atoms with van der Waals surface area (Å²) in [7, 11) is 0. The third-order valence-corrected chi connectivity index (χ3v) is 5.22. The lowest BCUT2D eigenvalue weighted by Crippen LogP contribution is -2.20. The van der Waals surface area contributed by atoms with Crippen LogP contribution in [-0.4, -0.2) is 36.8 Å². The number of anilines is 1. The van der Waals surface area contributed by atoms with Gasteiger partial charge in [0.2, 0.25) is 0 Å². The second-order valence-corrected chi connectivity index (χ2v) is 7.43. The maximum atomic E-state index is 10.9. The van der Waals surface area contributed by atoms with E-state index in [0.717, 1.165) is 25.0 Å². The molecule has 148 valence electrons. The van der Waals surface area contributed by atoms with Gasteiger partial charge in [0.05, 0.1) is 11.9 Å². The molecule has 1 aliphatic carbocycles. The lowest BCUT2D eigenvalue weighted by Gasteiger charge is -2.21. The number of carbonyl (C=O) groups is 1. The van der Waals surface area contributed by atoms with Crippen LogP contribution in [0, 0.1) is 5.92 Å². The summed E-state index contributed by atoms with van der Waals surface area (Å²) in [6, 6.07) is 0.187. The molecule has 1 aliphatic rings. The maximum absolute atomic E-state index is 10.9. The minimum atomic E-state index is -0.833. The van der Waals surface area contributed by atoms with Gasteiger partial charge in [-0.05, 0) is 25.2 Å². The number of fused-ring (bicyclic) bond motifs is 1. The van der Waals surface area contributed by atoms with Crippen LogP contribution >= 0.6 is 0 Å². The number of carboxylic acid groups (broad SMARTS) is 1. The Bertz CT molecular complexity index is 770. The molecule has 1 saturated carbocycles. The highest BCUT2D eigenvalue weighted by Gasteiger charge is 2.20. The highest BCUT2D eigenvalue weighted by molar-refractivity contribution is 5.66. The monoisotopic (exact) mass is 375 g/mol. The van der Waals surface area contributed by atoms with Crippen molar-refractivity contribution in [2.24, 2.45) is 5.92 Å². The van der Waals surface area contributed by atoms with Gasteiger partial charge in [-0.25, -0.2) is 9.50 Å². The number of nitrogens with zero attached hydrogens (tertiary/aromatic N) is 4. The standard InChI is InChI=1S/C19H29N5O3/c1-2-6-15(9-10-16(25)26)27-19-22-17(20)18-21-12-14(24(18)23-19)11-13-7-4-3-5-8-13/h12-13,15H,2-11H2,1H3,(H,25,26)(H2,20,22,23). The number of imidazole rings is 1. The molecular weight excluding hydrogens is 346 g/mol. The van der Waals surface area contributed by atoms with Crippen molar-refractivity contribution in [3.05, 3.63) is 11.9 Å². The van der Waals surface area contributed by atoms with Crippen LogP contribution in [0.2, 0.25) is 0 Å². The van der Waals surface area contributed by atoms with Gasteiger partial charge in [0, 0.05) is 6.42 Å². The molecule has 3 N–H and O–H groups in total. The fourth-order valence-electron chi connectivity index (χ4n) is 3.82. The SMILES string of the molecule is CCCC(CCC(=O)O)Oc1nc(N)c2ncc(CC3CCCCC3)n2n1. The normalized spacial score (nSPS) is 16.5. The maximum Gasteiger partial charge on any atom is 0.336 e. The summed E-state index contributed by atoms with van der Waals surface area (Å²) in [5, 5.41) is 13.4. The molecular formula is C19H29N5O3. The van der Waals surface area contributed by atoms with E-state index in [2.05, 4.69) is 15.1 Å². The van der Waals surface area contributed by atoms with Crippen LogP contribution in [0.5, 0.6) is 6.01 Å². The molecule has 0 bridgehead atoms. The molecule has 3 rings (SSSR count). The first-order valence-corrected chi connectivity index (χ1v) is 9.95. The fourth-order valence-corrected chi connectivity index (χ4v) is 3.82. The van der Waals surface area contributed by atoms with Crippen molar-refractivity contribution < 1.29 is 14.6 Å². The molecule has 0 saturated heterocycles. The Morgan fingerprint density at radius 2 is 2.15 bits per heavy atom. The molecule has 1 fully saturated rings. The molecule has 1 atom stereocenters. The highest BCUT2D eigenvalue weighted by Crippen LogP contribution is 2.27. The molecule has 0 aromatic carbocycles. The van der Waals surface area contributed by atoms with Crippen molar-refractivity contribution in [2.75, 3.05) is 5.73 Å². The van der Waals surface area contributed by atoms with Gasteiger partial charge < -0.3 is 15.6 Å². The molecule has 2 aromatic heterocycles. The van der Waals surface area contributed by atoms with E-state index in [9.17, 15) is 4.79 Å². The summed E-state index contributed by atoms with van der Waals surface area (Å²) in [6.45, 7) is 2.04. The fraction of sp³-hybridized carbons (Fsp3) is 0.684. The average Bonchev–Trinajstić information content (AvgIpc) is 3.04. The predicted octanol–water partition coefficient (Wildman–Crippen LogP) is 3.24. The van der Waals surface area contributed by atoms with Crippen LogP contribution in [0.25, 0.3) is 5.65 Å². The van der Waals surface area contributed by atoms with E-state index in [1.54, 1.807) is 4.52 Å². The van der Waals surface area contributed by atoms with Gasteiger partial charge in [-0.1, -0.05) is 45.4 Å². The Labute approximate surface area is 159 Å². The molecule has 1 unspecified atom stereocenters. The minimum Gasteiger partial charge on any atom is -0.481 e. The zero-order valence-corrected chi connectivity index (χ0v) is 15.9. The van der Waals surface area contributed by atoms with Crippen LogP contribution in [0.1, 0.15) is 70.4 Å². The van der Waals surface area contributed by atoms with Crippen LogP contribution in [0.3, 0.4) is 0 Å². The van der Waals surface area contributed by atoms with E-state index in [0.29, 0.717) is 18.0 Å². The lowest BCUT2D eigenvalue weighted by molar-refractivity contribution is -0.137. The predicted molar refractivity (Wildman–Crippen MR) is 102 cm³/mol. The van der Waals surface area contributed by atoms with Gasteiger partial charge in [0.1, 0.15) is 6.10 Å². The first-order valence-electron chi connectivity index (χ1n) is 9.95. The van der Waals surface area contributed by atoms with Crippen molar-refractivity contribution in [2.45, 2.75) is 77.2 Å². The summed E-state index contributed by atoms with van der Waals surface area (Å²) in [4.78, 5) is 19.5. The van der Waals surface area contributed by atoms with Crippen LogP contribution < -0.4 is 10.5 Å². The number of nitrogen functional groups attached to an aromatic ring is 1. The lowest BCUT2D eigenvalue weighted by atomic mass is 9.86. The molecule has 0 spiro atoms. The molecule has 0 amide bonds. The summed E-state index contributed by atoms with van der Waals surface area (Å²) in [5.41, 5.74) is 7.64. The van der Waals surface area contributed by atoms with E-state index in [1.807, 2.05) is 13.1 Å². The minimum absolute atomic E-state index is 0.0560. The Morgan fingerprint density at radius 1 is 1.37 bits per heavy atom. The number of nitrogens with two attached hydrogens (primary N) is 1. The second-order valence-electron chi connectivity index (χ2n) is 7.43. The summed E-state index contributed by atoms with van der Waals surface area (Å²) >= 11 is 0. The highest BCUT2D eigenvalue weighted by atomic mass is 16.5. The molecule has 2 heterocycles. The molecule has 8 heteroatoms. The van der Waals surface area contributed by atoms with E-state index in [4.69, 9.17) is 15.6 Å². The molecule has 8 nitrogen and oxygen atoms in total. The van der Waals surface area contributed by atoms with E-state index in [1.165, 1.54) is 32.1 Å². The van der Waals surface area contributed by atoms with Gasteiger partial charge in [-0.3, -0.25) is 4.79 Å². The van der Waals surface area contributed by atoms with Gasteiger partial charge in [0.15, 0.2) is 11.5 Å². The van der Waals surface area contributed by atoms with Crippen molar-refractivity contribution in [3.63, 3.8) is 0 Å². The second kappa shape index (κ2) is 9.01. The zero-order chi connectivity index (χ0) is 19.2. The first kappa shape index (κ1) is 19.4. The largest absolute Gasteiger partial charge is 0.481 e. The van der Waals surface area contributed by atoms with Gasteiger partial charge in [0.25, 0.3) is 0 Å². The smallest absolute Gasteiger partial charge is 0.336 e. The summed E-state index contributed by atoms with van der Waals surface area (Å²) in [5.74, 6) is 0.103. The van der Waals surface area contributed by atoms with Crippen LogP contribution in [0.15, 0.2) is 6.20 Å². The average molecular weight is 375 g/mol. The number of aromatic nitrogens is 4. The topological polar surface area (TPSA) is 116 Å². The molecule has 2 aromatic rings. The summed E-state index contributed by atoms with van der Waals surface area (Å²) < 4.78 is 7.64. The van der Waals surface area contributed by atoms with E-state index >= 15 is 0 Å². The number of rotatable bonds is 9. The Kier molecular flexibility index (Phi) is 6.47. The summed E-state index contributed by atoms with van der Waals surface area (Å²) in [6.07, 6.45) is 11.0. The number of ether oxygens (including phenoxy) is 1. The number of carboxylic acids is 1. The third-order valence-electron chi connectivity index (χ3n) is 5.22. The molecule has 27 heavy (non-hydrogen) atoms. The van der Waals surface area contributed by atoms with E-state index < -0.39 is 5.97 Å². The zero-order valence-electron chi connectivity index (χ0n) is 15.9. The van der Waals surface area contributed by atoms with Gasteiger partial charge in [-0.2, -0.15) is 4.98 Å². The van der Waals surface area contributed by atoms with Gasteiger partial charge in [-0.15, -0.1) is 5.10 Å². The number of hydrogen-bond acceptors (Lipinski definition) is 6. The van der Waals surface area contributed by atoms with Crippen LogP contribution in [-0.2, 0) is 11.2 Å². The number of hydrogen-bond donors (Lipinski definition) is 2.